The second kappa shape index (κ2) is 10.6. The average molecular weight is 464 g/mol. The predicted octanol–water partition coefficient (Wildman–Crippen LogP) is 4.90. The Balaban J connectivity index is 1.23. The number of rotatable bonds is 9. The van der Waals surface area contributed by atoms with E-state index in [-0.39, 0.29) is 12.3 Å². The van der Waals surface area contributed by atoms with Gasteiger partial charge >= 0.3 is 0 Å². The van der Waals surface area contributed by atoms with Gasteiger partial charge in [-0.15, -0.1) is 0 Å². The maximum absolute atomic E-state index is 12.6. The van der Waals surface area contributed by atoms with E-state index in [4.69, 9.17) is 9.62 Å². The molecule has 0 saturated heterocycles. The third-order valence-corrected chi connectivity index (χ3v) is 5.61. The molecule has 0 saturated carbocycles. The van der Waals surface area contributed by atoms with Gasteiger partial charge in [0.15, 0.2) is 0 Å². The summed E-state index contributed by atoms with van der Waals surface area (Å²) in [6.45, 7) is 1.05. The summed E-state index contributed by atoms with van der Waals surface area (Å²) in [5, 5.41) is 11.8. The van der Waals surface area contributed by atoms with Crippen LogP contribution in [0.15, 0.2) is 102 Å². The van der Waals surface area contributed by atoms with E-state index in [1.165, 1.54) is 5.56 Å². The monoisotopic (exact) mass is 463 g/mol. The van der Waals surface area contributed by atoms with Crippen LogP contribution in [-0.4, -0.2) is 25.8 Å². The lowest BCUT2D eigenvalue weighted by Gasteiger charge is -2.05. The number of nitrogens with zero attached hydrogens (tertiary/aromatic N) is 4. The average Bonchev–Trinajstić information content (AvgIpc) is 3.55. The SMILES string of the molecule is O=C(CCc1nc(-c2ccccc2)no1)NCc1cn(Cc2ccccc2)nc1-c1ccccc1. The summed E-state index contributed by atoms with van der Waals surface area (Å²) in [7, 11) is 0. The smallest absolute Gasteiger partial charge is 0.227 e. The van der Waals surface area contributed by atoms with Crippen LogP contribution < -0.4 is 5.32 Å². The second-order valence-electron chi connectivity index (χ2n) is 8.21. The highest BCUT2D eigenvalue weighted by Gasteiger charge is 2.14. The van der Waals surface area contributed by atoms with E-state index in [2.05, 4.69) is 27.6 Å². The van der Waals surface area contributed by atoms with Gasteiger partial charge in [0.05, 0.1) is 12.2 Å². The van der Waals surface area contributed by atoms with Crippen molar-refractivity contribution in [2.24, 2.45) is 0 Å². The van der Waals surface area contributed by atoms with Gasteiger partial charge in [0.1, 0.15) is 0 Å². The number of amides is 1. The van der Waals surface area contributed by atoms with Crippen molar-refractivity contribution < 1.29 is 9.32 Å². The number of nitrogens with one attached hydrogen (secondary N) is 1. The van der Waals surface area contributed by atoms with Crippen LogP contribution in [0.25, 0.3) is 22.6 Å². The summed E-state index contributed by atoms with van der Waals surface area (Å²) in [4.78, 5) is 17.0. The summed E-state index contributed by atoms with van der Waals surface area (Å²) in [5.41, 5.74) is 4.89. The van der Waals surface area contributed by atoms with E-state index in [1.807, 2.05) is 89.7 Å². The first-order valence-electron chi connectivity index (χ1n) is 11.5. The Morgan fingerprint density at radius 2 is 1.51 bits per heavy atom. The molecule has 7 nitrogen and oxygen atoms in total. The highest BCUT2D eigenvalue weighted by Crippen LogP contribution is 2.22. The Bertz CT molecular complexity index is 1380. The maximum atomic E-state index is 12.6. The molecule has 0 radical (unpaired) electrons. The first-order valence-corrected chi connectivity index (χ1v) is 11.5. The third kappa shape index (κ3) is 5.70. The fourth-order valence-corrected chi connectivity index (χ4v) is 3.85. The topological polar surface area (TPSA) is 85.8 Å². The molecule has 35 heavy (non-hydrogen) atoms. The van der Waals surface area contributed by atoms with Crippen molar-refractivity contribution in [2.75, 3.05) is 0 Å². The Kier molecular flexibility index (Phi) is 6.75. The molecule has 0 aliphatic heterocycles. The molecule has 0 unspecified atom stereocenters. The van der Waals surface area contributed by atoms with Crippen LogP contribution >= 0.6 is 0 Å². The van der Waals surface area contributed by atoms with Crippen LogP contribution in [0.4, 0.5) is 0 Å². The number of benzene rings is 3. The van der Waals surface area contributed by atoms with Crippen LogP contribution in [0.3, 0.4) is 0 Å². The van der Waals surface area contributed by atoms with Gasteiger partial charge in [0, 0.05) is 42.3 Å². The van der Waals surface area contributed by atoms with Crippen molar-refractivity contribution in [3.05, 3.63) is 114 Å². The molecule has 3 aromatic carbocycles. The van der Waals surface area contributed by atoms with Crippen molar-refractivity contribution in [1.82, 2.24) is 25.2 Å². The molecule has 2 heterocycles. The first kappa shape index (κ1) is 22.3. The van der Waals surface area contributed by atoms with E-state index in [9.17, 15) is 4.79 Å². The van der Waals surface area contributed by atoms with Crippen LogP contribution in [0.1, 0.15) is 23.4 Å². The summed E-state index contributed by atoms with van der Waals surface area (Å²) < 4.78 is 7.23. The summed E-state index contributed by atoms with van der Waals surface area (Å²) in [5.74, 6) is 0.887. The van der Waals surface area contributed by atoms with Gasteiger partial charge in [-0.1, -0.05) is 96.2 Å². The lowest BCUT2D eigenvalue weighted by atomic mass is 10.1. The van der Waals surface area contributed by atoms with Gasteiger partial charge in [-0.2, -0.15) is 10.1 Å². The molecular weight excluding hydrogens is 438 g/mol. The zero-order chi connectivity index (χ0) is 23.9. The Morgan fingerprint density at radius 1 is 0.857 bits per heavy atom. The molecule has 1 amide bonds. The Morgan fingerprint density at radius 3 is 2.23 bits per heavy atom. The number of carbonyl (C=O) groups is 1. The van der Waals surface area contributed by atoms with E-state index in [1.54, 1.807) is 0 Å². The van der Waals surface area contributed by atoms with Crippen LogP contribution in [0, 0.1) is 0 Å². The van der Waals surface area contributed by atoms with E-state index in [0.29, 0.717) is 31.2 Å². The first-order chi connectivity index (χ1) is 17.2. The van der Waals surface area contributed by atoms with Crippen molar-refractivity contribution in [3.63, 3.8) is 0 Å². The molecule has 0 bridgehead atoms. The normalized spacial score (nSPS) is 10.9. The molecule has 5 rings (SSSR count). The number of hydrogen-bond acceptors (Lipinski definition) is 5. The number of carbonyl (C=O) groups excluding carboxylic acids is 1. The quantitative estimate of drug-likeness (QED) is 0.336. The standard InChI is InChI=1S/C28H25N5O2/c34-25(16-17-26-30-28(32-35-26)23-14-8-3-9-15-23)29-18-24-20-33(19-21-10-4-1-5-11-21)31-27(24)22-12-6-2-7-13-22/h1-15,20H,16-19H2,(H,29,34). The summed E-state index contributed by atoms with van der Waals surface area (Å²) >= 11 is 0. The molecule has 0 aliphatic rings. The number of aromatic nitrogens is 4. The Hall–Kier alpha value is -4.52. The molecule has 5 aromatic rings. The predicted molar refractivity (Wildman–Crippen MR) is 133 cm³/mol. The van der Waals surface area contributed by atoms with Crippen molar-refractivity contribution >= 4 is 5.91 Å². The van der Waals surface area contributed by atoms with Crippen LogP contribution in [0.2, 0.25) is 0 Å². The Labute approximate surface area is 203 Å². The van der Waals surface area contributed by atoms with Crippen molar-refractivity contribution in [1.29, 1.82) is 0 Å². The summed E-state index contributed by atoms with van der Waals surface area (Å²) in [6.07, 6.45) is 2.64. The number of aryl methyl sites for hydroxylation is 1. The van der Waals surface area contributed by atoms with Gasteiger partial charge in [0.2, 0.25) is 17.6 Å². The van der Waals surface area contributed by atoms with Gasteiger partial charge in [-0.25, -0.2) is 0 Å². The minimum Gasteiger partial charge on any atom is -0.352 e. The zero-order valence-electron chi connectivity index (χ0n) is 19.2. The van der Waals surface area contributed by atoms with Crippen molar-refractivity contribution in [2.45, 2.75) is 25.9 Å². The fraction of sp³-hybridized carbons (Fsp3) is 0.143. The molecule has 174 valence electrons. The van der Waals surface area contributed by atoms with Crippen molar-refractivity contribution in [3.8, 4) is 22.6 Å². The van der Waals surface area contributed by atoms with Gasteiger partial charge in [-0.05, 0) is 5.56 Å². The molecule has 0 atom stereocenters. The van der Waals surface area contributed by atoms with E-state index in [0.717, 1.165) is 22.4 Å². The molecule has 0 spiro atoms. The second-order valence-corrected chi connectivity index (χ2v) is 8.21. The van der Waals surface area contributed by atoms with Gasteiger partial charge in [-0.3, -0.25) is 9.48 Å². The van der Waals surface area contributed by atoms with Gasteiger partial charge in [0.25, 0.3) is 0 Å². The zero-order valence-corrected chi connectivity index (χ0v) is 19.2. The van der Waals surface area contributed by atoms with Crippen LogP contribution in [0.5, 0.6) is 0 Å². The third-order valence-electron chi connectivity index (χ3n) is 5.61. The molecule has 0 aliphatic carbocycles. The molecule has 1 N–H and O–H groups in total. The highest BCUT2D eigenvalue weighted by molar-refractivity contribution is 5.76. The molecular formula is C28H25N5O2. The molecule has 7 heteroatoms. The molecule has 2 aromatic heterocycles. The molecule has 0 fully saturated rings. The highest BCUT2D eigenvalue weighted by atomic mass is 16.5. The fourth-order valence-electron chi connectivity index (χ4n) is 3.85. The number of hydrogen-bond donors (Lipinski definition) is 1. The lowest BCUT2D eigenvalue weighted by Crippen LogP contribution is -2.23. The largest absolute Gasteiger partial charge is 0.352 e. The lowest BCUT2D eigenvalue weighted by molar-refractivity contribution is -0.121. The minimum absolute atomic E-state index is 0.0840. The van der Waals surface area contributed by atoms with E-state index >= 15 is 0 Å². The van der Waals surface area contributed by atoms with Crippen LogP contribution in [-0.2, 0) is 24.3 Å². The minimum atomic E-state index is -0.0840. The van der Waals surface area contributed by atoms with Gasteiger partial charge < -0.3 is 9.84 Å². The summed E-state index contributed by atoms with van der Waals surface area (Å²) in [6, 6.07) is 29.8. The van der Waals surface area contributed by atoms with E-state index < -0.39 is 0 Å². The maximum Gasteiger partial charge on any atom is 0.227 e.